The summed E-state index contributed by atoms with van der Waals surface area (Å²) in [6.45, 7) is -0.430. The Kier molecular flexibility index (Phi) is 3.72. The molecule has 8 nitrogen and oxygen atoms in total. The summed E-state index contributed by atoms with van der Waals surface area (Å²) in [5.74, 6) is -0.596. The van der Waals surface area contributed by atoms with Crippen LogP contribution in [0, 0.1) is 10.1 Å². The number of nitro groups is 1. The Balaban J connectivity index is 2.24. The van der Waals surface area contributed by atoms with Crippen molar-refractivity contribution in [3.05, 3.63) is 52.1 Å². The van der Waals surface area contributed by atoms with Crippen molar-refractivity contribution in [3.8, 4) is 11.5 Å². The number of fused-ring (bicyclic) bond motifs is 1. The highest BCUT2D eigenvalue weighted by Crippen LogP contribution is 2.40. The fourth-order valence-corrected chi connectivity index (χ4v) is 3.94. The fraction of sp³-hybridized carbons (Fsp3) is 0.133. The molecule has 0 fully saturated rings. The van der Waals surface area contributed by atoms with E-state index in [1.807, 2.05) is 0 Å². The molecule has 0 unspecified atom stereocenters. The molecule has 0 spiro atoms. The van der Waals surface area contributed by atoms with Crippen molar-refractivity contribution in [2.24, 2.45) is 0 Å². The average Bonchev–Trinajstić information content (AvgIpc) is 2.96. The zero-order valence-electron chi connectivity index (χ0n) is 12.4. The second-order valence-electron chi connectivity index (χ2n) is 4.94. The Labute approximate surface area is 136 Å². The van der Waals surface area contributed by atoms with Crippen molar-refractivity contribution >= 4 is 21.3 Å². The number of ether oxygens (including phenoxy) is 2. The first-order chi connectivity index (χ1) is 11.4. The molecule has 2 aromatic carbocycles. The number of methoxy groups -OCH3 is 1. The quantitative estimate of drug-likeness (QED) is 0.613. The topological polar surface area (TPSA) is 113 Å². The Morgan fingerprint density at radius 1 is 1.25 bits per heavy atom. The Hall–Kier alpha value is -2.94. The van der Waals surface area contributed by atoms with Crippen LogP contribution in [0.25, 0.3) is 0 Å². The molecule has 0 aliphatic carbocycles. The van der Waals surface area contributed by atoms with Gasteiger partial charge in [-0.15, -0.1) is 0 Å². The molecule has 2 aromatic rings. The first-order valence-electron chi connectivity index (χ1n) is 6.73. The van der Waals surface area contributed by atoms with E-state index in [4.69, 9.17) is 9.47 Å². The minimum atomic E-state index is -4.08. The van der Waals surface area contributed by atoms with Gasteiger partial charge in [-0.25, -0.2) is 8.42 Å². The minimum Gasteiger partial charge on any atom is -0.497 e. The van der Waals surface area contributed by atoms with E-state index < -0.39 is 32.8 Å². The van der Waals surface area contributed by atoms with E-state index in [0.29, 0.717) is 5.75 Å². The van der Waals surface area contributed by atoms with Crippen LogP contribution in [0.3, 0.4) is 0 Å². The summed E-state index contributed by atoms with van der Waals surface area (Å²) in [6.07, 6.45) is 0. The molecular formula is C15H11NO7S. The maximum atomic E-state index is 12.9. The SMILES string of the molecule is COc1cccc(S(=O)(=O)c2ccc([N+](=O)[O-])c3c2C(=O)CO3)c1. The van der Waals surface area contributed by atoms with E-state index >= 15 is 0 Å². The van der Waals surface area contributed by atoms with Crippen molar-refractivity contribution < 1.29 is 27.6 Å². The lowest BCUT2D eigenvalue weighted by atomic mass is 10.1. The summed E-state index contributed by atoms with van der Waals surface area (Å²) >= 11 is 0. The lowest BCUT2D eigenvalue weighted by Gasteiger charge is -2.09. The summed E-state index contributed by atoms with van der Waals surface area (Å²) in [4.78, 5) is 21.9. The lowest BCUT2D eigenvalue weighted by molar-refractivity contribution is -0.385. The lowest BCUT2D eigenvalue weighted by Crippen LogP contribution is -2.09. The number of hydrogen-bond donors (Lipinski definition) is 0. The van der Waals surface area contributed by atoms with Crippen LogP contribution in [0.4, 0.5) is 5.69 Å². The van der Waals surface area contributed by atoms with Gasteiger partial charge in [-0.05, 0) is 24.3 Å². The predicted molar refractivity (Wildman–Crippen MR) is 81.4 cm³/mol. The second kappa shape index (κ2) is 5.60. The third-order valence-electron chi connectivity index (χ3n) is 3.56. The smallest absolute Gasteiger partial charge is 0.311 e. The second-order valence-corrected chi connectivity index (χ2v) is 6.86. The summed E-state index contributed by atoms with van der Waals surface area (Å²) in [5, 5.41) is 11.0. The first-order valence-corrected chi connectivity index (χ1v) is 8.21. The third kappa shape index (κ3) is 2.38. The predicted octanol–water partition coefficient (Wildman–Crippen LogP) is 2.01. The Bertz CT molecular complexity index is 966. The van der Waals surface area contributed by atoms with Crippen LogP contribution in [0.5, 0.6) is 11.5 Å². The molecule has 124 valence electrons. The fourth-order valence-electron chi connectivity index (χ4n) is 2.44. The highest BCUT2D eigenvalue weighted by Gasteiger charge is 2.37. The average molecular weight is 349 g/mol. The summed E-state index contributed by atoms with van der Waals surface area (Å²) in [6, 6.07) is 7.81. The van der Waals surface area contributed by atoms with Gasteiger partial charge in [0.25, 0.3) is 0 Å². The molecule has 0 saturated carbocycles. The Morgan fingerprint density at radius 2 is 2.00 bits per heavy atom. The normalized spacial score (nSPS) is 13.3. The number of carbonyl (C=O) groups excluding carboxylic acids is 1. The van der Waals surface area contributed by atoms with Gasteiger partial charge in [0.15, 0.2) is 6.61 Å². The van der Waals surface area contributed by atoms with Gasteiger partial charge in [0.2, 0.25) is 21.4 Å². The highest BCUT2D eigenvalue weighted by molar-refractivity contribution is 7.91. The zero-order chi connectivity index (χ0) is 17.5. The number of nitrogens with zero attached hydrogens (tertiary/aromatic N) is 1. The number of hydrogen-bond acceptors (Lipinski definition) is 7. The van der Waals surface area contributed by atoms with Crippen molar-refractivity contribution in [3.63, 3.8) is 0 Å². The maximum Gasteiger partial charge on any atom is 0.311 e. The molecule has 9 heteroatoms. The van der Waals surface area contributed by atoms with Gasteiger partial charge >= 0.3 is 5.69 Å². The van der Waals surface area contributed by atoms with Gasteiger partial charge in [0.1, 0.15) is 5.75 Å². The molecule has 0 radical (unpaired) electrons. The summed E-state index contributed by atoms with van der Waals surface area (Å²) in [7, 11) is -2.68. The number of ketones is 1. The van der Waals surface area contributed by atoms with Gasteiger partial charge in [0, 0.05) is 6.07 Å². The number of nitro benzene ring substituents is 1. The van der Waals surface area contributed by atoms with Crippen LogP contribution in [-0.4, -0.2) is 32.8 Å². The van der Waals surface area contributed by atoms with Crippen molar-refractivity contribution in [1.82, 2.24) is 0 Å². The summed E-state index contributed by atoms with van der Waals surface area (Å²) < 4.78 is 35.8. The largest absolute Gasteiger partial charge is 0.497 e. The van der Waals surface area contributed by atoms with Crippen LogP contribution >= 0.6 is 0 Å². The number of benzene rings is 2. The van der Waals surface area contributed by atoms with Crippen molar-refractivity contribution in [2.45, 2.75) is 9.79 Å². The number of Topliss-reactive ketones (excluding diaryl/α,β-unsaturated/α-hetero) is 1. The summed E-state index contributed by atoms with van der Waals surface area (Å²) in [5.41, 5.74) is -0.729. The molecule has 0 amide bonds. The Morgan fingerprint density at radius 3 is 2.67 bits per heavy atom. The monoisotopic (exact) mass is 349 g/mol. The van der Waals surface area contributed by atoms with Crippen LogP contribution in [0.15, 0.2) is 46.2 Å². The van der Waals surface area contributed by atoms with E-state index in [2.05, 4.69) is 0 Å². The van der Waals surface area contributed by atoms with E-state index in [1.54, 1.807) is 6.07 Å². The number of sulfone groups is 1. The molecular weight excluding hydrogens is 338 g/mol. The molecule has 0 aromatic heterocycles. The highest BCUT2D eigenvalue weighted by atomic mass is 32.2. The van der Waals surface area contributed by atoms with E-state index in [0.717, 1.165) is 12.1 Å². The van der Waals surface area contributed by atoms with Gasteiger partial charge in [-0.2, -0.15) is 0 Å². The molecule has 1 aliphatic rings. The zero-order valence-corrected chi connectivity index (χ0v) is 13.2. The molecule has 3 rings (SSSR count). The van der Waals surface area contributed by atoms with E-state index in [-0.39, 0.29) is 21.1 Å². The maximum absolute atomic E-state index is 12.9. The van der Waals surface area contributed by atoms with Crippen molar-refractivity contribution in [1.29, 1.82) is 0 Å². The van der Waals surface area contributed by atoms with Crippen LogP contribution in [-0.2, 0) is 9.84 Å². The van der Waals surface area contributed by atoms with Gasteiger partial charge in [-0.1, -0.05) is 6.07 Å². The third-order valence-corrected chi connectivity index (χ3v) is 5.36. The molecule has 0 bridgehead atoms. The number of rotatable bonds is 4. The molecule has 24 heavy (non-hydrogen) atoms. The van der Waals surface area contributed by atoms with Crippen LogP contribution < -0.4 is 9.47 Å². The van der Waals surface area contributed by atoms with Crippen LogP contribution in [0.1, 0.15) is 10.4 Å². The molecule has 1 aliphatic heterocycles. The van der Waals surface area contributed by atoms with Crippen molar-refractivity contribution in [2.75, 3.05) is 13.7 Å². The first kappa shape index (κ1) is 15.9. The minimum absolute atomic E-state index is 0.0856. The van der Waals surface area contributed by atoms with E-state index in [1.165, 1.54) is 25.3 Å². The van der Waals surface area contributed by atoms with Gasteiger partial charge in [0.05, 0.1) is 27.4 Å². The van der Waals surface area contributed by atoms with E-state index in [9.17, 15) is 23.3 Å². The molecule has 0 N–H and O–H groups in total. The molecule has 1 heterocycles. The van der Waals surface area contributed by atoms with Gasteiger partial charge in [-0.3, -0.25) is 14.9 Å². The molecule has 0 atom stereocenters. The van der Waals surface area contributed by atoms with Gasteiger partial charge < -0.3 is 9.47 Å². The van der Waals surface area contributed by atoms with Crippen LogP contribution in [0.2, 0.25) is 0 Å². The standard InChI is InChI=1S/C15H11NO7S/c1-22-9-3-2-4-10(7-9)24(20,21)13-6-5-11(16(18)19)15-14(13)12(17)8-23-15/h2-7H,8H2,1H3. The molecule has 0 saturated heterocycles. The number of carbonyl (C=O) groups is 1.